The molecular formula is C26H33ClN4O3. The average Bonchev–Trinajstić information content (AvgIpc) is 3.16. The van der Waals surface area contributed by atoms with Crippen molar-refractivity contribution < 1.29 is 14.3 Å². The number of nitrogens with one attached hydrogen (secondary N) is 2. The highest BCUT2D eigenvalue weighted by atomic mass is 35.5. The summed E-state index contributed by atoms with van der Waals surface area (Å²) in [5.41, 5.74) is 4.05. The molecule has 2 N–H and O–H groups in total. The number of ether oxygens (including phenoxy) is 2. The number of aromatic nitrogens is 2. The molecule has 0 saturated carbocycles. The van der Waals surface area contributed by atoms with E-state index in [4.69, 9.17) is 21.1 Å². The summed E-state index contributed by atoms with van der Waals surface area (Å²) in [6, 6.07) is 9.88. The number of amides is 1. The normalized spacial score (nSPS) is 14.3. The Morgan fingerprint density at radius 1 is 1.24 bits per heavy atom. The van der Waals surface area contributed by atoms with E-state index in [2.05, 4.69) is 35.2 Å². The van der Waals surface area contributed by atoms with Gasteiger partial charge in [-0.15, -0.1) is 0 Å². The molecule has 8 heteroatoms. The van der Waals surface area contributed by atoms with Crippen molar-refractivity contribution in [2.24, 2.45) is 11.8 Å². The predicted octanol–water partition coefficient (Wildman–Crippen LogP) is 4.79. The summed E-state index contributed by atoms with van der Waals surface area (Å²) in [5, 5.41) is 3.96. The zero-order valence-electron chi connectivity index (χ0n) is 20.1. The zero-order chi connectivity index (χ0) is 24.1. The third-order valence-electron chi connectivity index (χ3n) is 5.86. The molecule has 34 heavy (non-hydrogen) atoms. The molecule has 1 aliphatic rings. The average molecular weight is 485 g/mol. The van der Waals surface area contributed by atoms with Gasteiger partial charge in [0.1, 0.15) is 0 Å². The molecular weight excluding hydrogens is 452 g/mol. The molecule has 1 amide bonds. The Balaban J connectivity index is 1.41. The van der Waals surface area contributed by atoms with E-state index in [1.165, 1.54) is 0 Å². The van der Waals surface area contributed by atoms with E-state index in [9.17, 15) is 4.79 Å². The van der Waals surface area contributed by atoms with Crippen molar-refractivity contribution >= 4 is 28.5 Å². The second-order valence-corrected chi connectivity index (χ2v) is 9.72. The van der Waals surface area contributed by atoms with Crippen molar-refractivity contribution in [1.29, 1.82) is 0 Å². The Morgan fingerprint density at radius 2 is 2.06 bits per heavy atom. The smallest absolute Gasteiger partial charge is 0.226 e. The molecule has 1 aromatic heterocycles. The fourth-order valence-electron chi connectivity index (χ4n) is 4.27. The van der Waals surface area contributed by atoms with E-state index in [1.807, 2.05) is 36.1 Å². The molecule has 3 aromatic rings. The third kappa shape index (κ3) is 5.83. The first-order valence-electron chi connectivity index (χ1n) is 11.9. The number of imidazole rings is 1. The number of rotatable bonds is 9. The summed E-state index contributed by atoms with van der Waals surface area (Å²) < 4.78 is 11.6. The van der Waals surface area contributed by atoms with Gasteiger partial charge in [0.2, 0.25) is 5.91 Å². The SMILES string of the molecule is CC(C)CN(Cc1cc(Cl)c2c(c1)OCCCO2)C(=O)C(C)CNCc1cccc2nc[nH]c12. The lowest BCUT2D eigenvalue weighted by Gasteiger charge is -2.28. The zero-order valence-corrected chi connectivity index (χ0v) is 20.8. The Labute approximate surface area is 205 Å². The van der Waals surface area contributed by atoms with Crippen LogP contribution >= 0.6 is 11.6 Å². The molecule has 0 radical (unpaired) electrons. The van der Waals surface area contributed by atoms with Gasteiger partial charge in [0.05, 0.1) is 35.6 Å². The Hall–Kier alpha value is -2.77. The topological polar surface area (TPSA) is 79.5 Å². The second-order valence-electron chi connectivity index (χ2n) is 9.31. The lowest BCUT2D eigenvalue weighted by molar-refractivity contribution is -0.136. The van der Waals surface area contributed by atoms with Gasteiger partial charge in [0, 0.05) is 38.5 Å². The molecule has 0 spiro atoms. The van der Waals surface area contributed by atoms with Gasteiger partial charge in [-0.3, -0.25) is 4.79 Å². The molecule has 1 aliphatic heterocycles. The molecule has 1 atom stereocenters. The standard InChI is InChI=1S/C26H33ClN4O3/c1-17(2)14-31(15-19-10-21(27)25-23(11-19)33-8-5-9-34-25)26(32)18(3)12-28-13-20-6-4-7-22-24(20)30-16-29-22/h4,6-7,10-11,16-18,28H,5,8-9,12-15H2,1-3H3,(H,29,30). The predicted molar refractivity (Wildman–Crippen MR) is 134 cm³/mol. The van der Waals surface area contributed by atoms with Crippen molar-refractivity contribution in [3.63, 3.8) is 0 Å². The van der Waals surface area contributed by atoms with Gasteiger partial charge in [0.15, 0.2) is 11.5 Å². The number of H-pyrrole nitrogens is 1. The largest absolute Gasteiger partial charge is 0.489 e. The fraction of sp³-hybridized carbons (Fsp3) is 0.462. The minimum Gasteiger partial charge on any atom is -0.489 e. The highest BCUT2D eigenvalue weighted by Crippen LogP contribution is 2.38. The lowest BCUT2D eigenvalue weighted by atomic mass is 10.1. The van der Waals surface area contributed by atoms with Crippen molar-refractivity contribution in [3.8, 4) is 11.5 Å². The van der Waals surface area contributed by atoms with Crippen LogP contribution in [0.5, 0.6) is 11.5 Å². The molecule has 0 bridgehead atoms. The molecule has 0 aliphatic carbocycles. The summed E-state index contributed by atoms with van der Waals surface area (Å²) in [6.45, 7) is 9.79. The second kappa shape index (κ2) is 11.1. The van der Waals surface area contributed by atoms with E-state index in [1.54, 1.807) is 6.33 Å². The maximum absolute atomic E-state index is 13.4. The first kappa shape index (κ1) is 24.4. The summed E-state index contributed by atoms with van der Waals surface area (Å²) in [5.74, 6) is 1.53. The number of halogens is 1. The van der Waals surface area contributed by atoms with E-state index in [-0.39, 0.29) is 11.8 Å². The van der Waals surface area contributed by atoms with Crippen LogP contribution in [0.15, 0.2) is 36.7 Å². The molecule has 4 rings (SSSR count). The number of carbonyl (C=O) groups is 1. The number of para-hydroxylation sites is 1. The minimum atomic E-state index is -0.171. The molecule has 7 nitrogen and oxygen atoms in total. The minimum absolute atomic E-state index is 0.115. The summed E-state index contributed by atoms with van der Waals surface area (Å²) in [7, 11) is 0. The molecule has 182 valence electrons. The van der Waals surface area contributed by atoms with Crippen molar-refractivity contribution in [1.82, 2.24) is 20.2 Å². The molecule has 0 saturated heterocycles. The van der Waals surface area contributed by atoms with Gasteiger partial charge in [-0.2, -0.15) is 0 Å². The van der Waals surface area contributed by atoms with Gasteiger partial charge < -0.3 is 24.7 Å². The number of aromatic amines is 1. The van der Waals surface area contributed by atoms with E-state index in [0.29, 0.717) is 61.8 Å². The molecule has 1 unspecified atom stereocenters. The maximum atomic E-state index is 13.4. The first-order chi connectivity index (χ1) is 16.4. The van der Waals surface area contributed by atoms with Gasteiger partial charge in [-0.05, 0) is 35.2 Å². The van der Waals surface area contributed by atoms with Crippen molar-refractivity contribution in [2.45, 2.75) is 40.3 Å². The number of nitrogens with zero attached hydrogens (tertiary/aromatic N) is 2. The van der Waals surface area contributed by atoms with Crippen LogP contribution < -0.4 is 14.8 Å². The lowest BCUT2D eigenvalue weighted by Crippen LogP contribution is -2.40. The van der Waals surface area contributed by atoms with Crippen LogP contribution in [0.3, 0.4) is 0 Å². The monoisotopic (exact) mass is 484 g/mol. The Kier molecular flexibility index (Phi) is 7.95. The number of benzene rings is 2. The highest BCUT2D eigenvalue weighted by Gasteiger charge is 2.23. The van der Waals surface area contributed by atoms with Crippen LogP contribution in [0.25, 0.3) is 11.0 Å². The quantitative estimate of drug-likeness (QED) is 0.456. The van der Waals surface area contributed by atoms with Crippen molar-refractivity contribution in [3.05, 3.63) is 52.8 Å². The number of carbonyl (C=O) groups excluding carboxylic acids is 1. The van der Waals surface area contributed by atoms with Gasteiger partial charge in [-0.25, -0.2) is 4.98 Å². The Bertz CT molecular complexity index is 1130. The van der Waals surface area contributed by atoms with Gasteiger partial charge in [0.25, 0.3) is 0 Å². The van der Waals surface area contributed by atoms with Crippen LogP contribution in [-0.2, 0) is 17.9 Å². The molecule has 2 heterocycles. The number of hydrogen-bond donors (Lipinski definition) is 2. The van der Waals surface area contributed by atoms with Gasteiger partial charge in [-0.1, -0.05) is 44.5 Å². The van der Waals surface area contributed by atoms with Crippen LogP contribution in [0.2, 0.25) is 5.02 Å². The van der Waals surface area contributed by atoms with Crippen molar-refractivity contribution in [2.75, 3.05) is 26.3 Å². The summed E-state index contributed by atoms with van der Waals surface area (Å²) in [6.07, 6.45) is 2.52. The Morgan fingerprint density at radius 3 is 2.88 bits per heavy atom. The van der Waals surface area contributed by atoms with Crippen LogP contribution in [0, 0.1) is 11.8 Å². The van der Waals surface area contributed by atoms with E-state index in [0.717, 1.165) is 28.6 Å². The highest BCUT2D eigenvalue weighted by molar-refractivity contribution is 6.32. The summed E-state index contributed by atoms with van der Waals surface area (Å²) >= 11 is 6.49. The maximum Gasteiger partial charge on any atom is 0.226 e. The van der Waals surface area contributed by atoms with E-state index >= 15 is 0 Å². The summed E-state index contributed by atoms with van der Waals surface area (Å²) in [4.78, 5) is 22.8. The van der Waals surface area contributed by atoms with Crippen LogP contribution in [0.1, 0.15) is 38.3 Å². The fourth-order valence-corrected chi connectivity index (χ4v) is 4.55. The number of fused-ring (bicyclic) bond motifs is 2. The molecule has 2 aromatic carbocycles. The van der Waals surface area contributed by atoms with Gasteiger partial charge >= 0.3 is 0 Å². The first-order valence-corrected chi connectivity index (χ1v) is 12.3. The molecule has 0 fully saturated rings. The van der Waals surface area contributed by atoms with Crippen LogP contribution in [0.4, 0.5) is 0 Å². The van der Waals surface area contributed by atoms with Crippen LogP contribution in [-0.4, -0.2) is 47.1 Å². The number of hydrogen-bond acceptors (Lipinski definition) is 5. The van der Waals surface area contributed by atoms with E-state index < -0.39 is 0 Å². The third-order valence-corrected chi connectivity index (χ3v) is 6.14.